The van der Waals surface area contributed by atoms with Gasteiger partial charge in [-0.25, -0.2) is 0 Å². The summed E-state index contributed by atoms with van der Waals surface area (Å²) in [6.07, 6.45) is 12.3. The summed E-state index contributed by atoms with van der Waals surface area (Å²) in [6.45, 7) is 5.88. The van der Waals surface area contributed by atoms with Gasteiger partial charge in [0.2, 0.25) is 0 Å². The molecule has 0 aliphatic carbocycles. The predicted molar refractivity (Wildman–Crippen MR) is 91.4 cm³/mol. The Kier molecular flexibility index (Phi) is 7.17. The third kappa shape index (κ3) is 4.92. The van der Waals surface area contributed by atoms with E-state index in [0.717, 1.165) is 18.4 Å². The Morgan fingerprint density at radius 1 is 1.14 bits per heavy atom. The van der Waals surface area contributed by atoms with Crippen molar-refractivity contribution in [3.05, 3.63) is 52.6 Å². The predicted octanol–water partition coefficient (Wildman–Crippen LogP) is 4.79. The van der Waals surface area contributed by atoms with Gasteiger partial charge in [0.1, 0.15) is 11.5 Å². The number of unbranched alkanes of at least 4 members (excludes halogenated alkanes) is 1. The van der Waals surface area contributed by atoms with Crippen LogP contribution in [0.15, 0.2) is 35.9 Å². The van der Waals surface area contributed by atoms with E-state index < -0.39 is 0 Å². The van der Waals surface area contributed by atoms with E-state index in [9.17, 15) is 15.0 Å². The number of benzene rings is 1. The highest BCUT2D eigenvalue weighted by Gasteiger charge is 2.14. The van der Waals surface area contributed by atoms with Crippen molar-refractivity contribution in [3.8, 4) is 11.5 Å². The molecule has 22 heavy (non-hydrogen) atoms. The zero-order valence-electron chi connectivity index (χ0n) is 13.5. The zero-order valence-corrected chi connectivity index (χ0v) is 13.5. The van der Waals surface area contributed by atoms with Crippen LogP contribution in [0.4, 0.5) is 0 Å². The molecule has 0 heterocycles. The summed E-state index contributed by atoms with van der Waals surface area (Å²) in [7, 11) is 0. The molecular formula is C19H24O3. The Bertz CT molecular complexity index is 604. The van der Waals surface area contributed by atoms with Gasteiger partial charge in [0.05, 0.1) is 5.56 Å². The van der Waals surface area contributed by atoms with Gasteiger partial charge in [0.15, 0.2) is 6.29 Å². The fraction of sp³-hybridized carbons (Fsp3) is 0.316. The number of carbonyl (C=O) groups excluding carboxylic acids is 1. The van der Waals surface area contributed by atoms with Gasteiger partial charge in [-0.3, -0.25) is 4.79 Å². The molecule has 0 unspecified atom stereocenters. The summed E-state index contributed by atoms with van der Waals surface area (Å²) in [5.74, 6) is -0.0438. The van der Waals surface area contributed by atoms with Crippen molar-refractivity contribution in [2.45, 2.75) is 40.0 Å². The fourth-order valence-corrected chi connectivity index (χ4v) is 2.07. The van der Waals surface area contributed by atoms with E-state index >= 15 is 0 Å². The van der Waals surface area contributed by atoms with Crippen LogP contribution < -0.4 is 0 Å². The minimum Gasteiger partial charge on any atom is -0.507 e. The van der Waals surface area contributed by atoms with Gasteiger partial charge in [0, 0.05) is 11.1 Å². The molecule has 0 aliphatic heterocycles. The number of phenolic OH excluding ortho intramolecular Hbond substituents is 2. The lowest BCUT2D eigenvalue weighted by Crippen LogP contribution is -1.94. The van der Waals surface area contributed by atoms with Crippen LogP contribution in [0, 0.1) is 0 Å². The lowest BCUT2D eigenvalue weighted by atomic mass is 9.98. The molecule has 118 valence electrons. The Balaban J connectivity index is 3.11. The van der Waals surface area contributed by atoms with E-state index in [0.29, 0.717) is 23.8 Å². The van der Waals surface area contributed by atoms with Crippen molar-refractivity contribution in [1.29, 1.82) is 0 Å². The second kappa shape index (κ2) is 8.88. The van der Waals surface area contributed by atoms with Gasteiger partial charge in [0.25, 0.3) is 0 Å². The minimum absolute atomic E-state index is 0.0133. The summed E-state index contributed by atoms with van der Waals surface area (Å²) < 4.78 is 0. The molecule has 0 radical (unpaired) electrons. The highest BCUT2D eigenvalue weighted by Crippen LogP contribution is 2.33. The van der Waals surface area contributed by atoms with Crippen LogP contribution in [0.25, 0.3) is 6.08 Å². The SMILES string of the molecule is CC=CCCC=Cc1c(O)cc(CC=C(C)C)c(O)c1C=O. The highest BCUT2D eigenvalue weighted by molar-refractivity contribution is 5.88. The van der Waals surface area contributed by atoms with Gasteiger partial charge >= 0.3 is 0 Å². The molecular weight excluding hydrogens is 276 g/mol. The van der Waals surface area contributed by atoms with E-state index in [-0.39, 0.29) is 17.1 Å². The molecule has 0 saturated carbocycles. The number of aromatic hydroxyl groups is 2. The monoisotopic (exact) mass is 300 g/mol. The van der Waals surface area contributed by atoms with Gasteiger partial charge < -0.3 is 10.2 Å². The Labute approximate surface area is 132 Å². The normalized spacial score (nSPS) is 11.2. The molecule has 3 heteroatoms. The maximum Gasteiger partial charge on any atom is 0.154 e. The lowest BCUT2D eigenvalue weighted by Gasteiger charge is -2.10. The molecule has 0 amide bonds. The maximum absolute atomic E-state index is 11.3. The number of carbonyl (C=O) groups is 1. The van der Waals surface area contributed by atoms with Crippen LogP contribution in [0.5, 0.6) is 11.5 Å². The van der Waals surface area contributed by atoms with E-state index in [1.165, 1.54) is 6.07 Å². The van der Waals surface area contributed by atoms with Crippen molar-refractivity contribution in [1.82, 2.24) is 0 Å². The Hall–Kier alpha value is -2.29. The number of allylic oxidation sites excluding steroid dienone is 5. The fourth-order valence-electron chi connectivity index (χ4n) is 2.07. The number of aldehydes is 1. The van der Waals surface area contributed by atoms with Crippen molar-refractivity contribution in [2.75, 3.05) is 0 Å². The van der Waals surface area contributed by atoms with Crippen LogP contribution >= 0.6 is 0 Å². The van der Waals surface area contributed by atoms with Crippen LogP contribution in [-0.2, 0) is 6.42 Å². The van der Waals surface area contributed by atoms with Gasteiger partial charge in [-0.05, 0) is 46.1 Å². The Morgan fingerprint density at radius 2 is 1.82 bits per heavy atom. The van der Waals surface area contributed by atoms with Crippen LogP contribution in [0.1, 0.15) is 55.1 Å². The summed E-state index contributed by atoms with van der Waals surface area (Å²) in [6, 6.07) is 1.52. The van der Waals surface area contributed by atoms with Crippen molar-refractivity contribution in [2.24, 2.45) is 0 Å². The molecule has 0 spiro atoms. The minimum atomic E-state index is -0.0570. The van der Waals surface area contributed by atoms with E-state index in [2.05, 4.69) is 0 Å². The van der Waals surface area contributed by atoms with Crippen molar-refractivity contribution < 1.29 is 15.0 Å². The Morgan fingerprint density at radius 3 is 2.41 bits per heavy atom. The first-order chi connectivity index (χ1) is 10.5. The topological polar surface area (TPSA) is 57.5 Å². The summed E-state index contributed by atoms with van der Waals surface area (Å²) >= 11 is 0. The molecule has 1 rings (SSSR count). The molecule has 0 aliphatic rings. The lowest BCUT2D eigenvalue weighted by molar-refractivity contribution is 0.112. The van der Waals surface area contributed by atoms with Crippen LogP contribution in [0.2, 0.25) is 0 Å². The second-order valence-electron chi connectivity index (χ2n) is 5.38. The molecule has 0 bridgehead atoms. The van der Waals surface area contributed by atoms with Gasteiger partial charge in [-0.1, -0.05) is 36.0 Å². The van der Waals surface area contributed by atoms with Crippen molar-refractivity contribution in [3.63, 3.8) is 0 Å². The van der Waals surface area contributed by atoms with Crippen LogP contribution in [0.3, 0.4) is 0 Å². The molecule has 0 aromatic heterocycles. The molecule has 0 saturated heterocycles. The molecule has 1 aromatic rings. The third-order valence-electron chi connectivity index (χ3n) is 3.30. The van der Waals surface area contributed by atoms with Gasteiger partial charge in [-0.2, -0.15) is 0 Å². The first-order valence-electron chi connectivity index (χ1n) is 7.45. The molecule has 2 N–H and O–H groups in total. The first kappa shape index (κ1) is 17.8. The molecule has 0 atom stereocenters. The maximum atomic E-state index is 11.3. The van der Waals surface area contributed by atoms with Crippen LogP contribution in [-0.4, -0.2) is 16.5 Å². The largest absolute Gasteiger partial charge is 0.507 e. The smallest absolute Gasteiger partial charge is 0.154 e. The summed E-state index contributed by atoms with van der Waals surface area (Å²) in [5.41, 5.74) is 2.17. The van der Waals surface area contributed by atoms with E-state index in [1.807, 2.05) is 45.1 Å². The number of phenols is 2. The number of hydrogen-bond acceptors (Lipinski definition) is 3. The second-order valence-corrected chi connectivity index (χ2v) is 5.38. The summed E-state index contributed by atoms with van der Waals surface area (Å²) in [5, 5.41) is 20.4. The van der Waals surface area contributed by atoms with Crippen molar-refractivity contribution >= 4 is 12.4 Å². The quantitative estimate of drug-likeness (QED) is 0.329. The standard InChI is InChI=1S/C19H24O3/c1-4-5-6-7-8-9-16-17(13-20)19(22)15(12-18(16)21)11-10-14(2)3/h4-5,8-10,12-13,21-22H,6-7,11H2,1-3H3. The zero-order chi connectivity index (χ0) is 16.5. The van der Waals surface area contributed by atoms with E-state index in [4.69, 9.17) is 0 Å². The van der Waals surface area contributed by atoms with Gasteiger partial charge in [-0.15, -0.1) is 0 Å². The number of hydrogen-bond donors (Lipinski definition) is 2. The highest BCUT2D eigenvalue weighted by atomic mass is 16.3. The summed E-state index contributed by atoms with van der Waals surface area (Å²) in [4.78, 5) is 11.3. The van der Waals surface area contributed by atoms with E-state index in [1.54, 1.807) is 6.08 Å². The molecule has 0 fully saturated rings. The first-order valence-corrected chi connectivity index (χ1v) is 7.45. The molecule has 3 nitrogen and oxygen atoms in total. The third-order valence-corrected chi connectivity index (χ3v) is 3.30. The molecule has 1 aromatic carbocycles. The average Bonchev–Trinajstić information content (AvgIpc) is 2.48. The number of rotatable bonds is 7. The average molecular weight is 300 g/mol.